The largest absolute Gasteiger partial charge is 0.508 e. The van der Waals surface area contributed by atoms with Gasteiger partial charge in [-0.2, -0.15) is 0 Å². The monoisotopic (exact) mass is 339 g/mol. The highest BCUT2D eigenvalue weighted by atomic mass is 16.3. The fourth-order valence-electron chi connectivity index (χ4n) is 3.50. The third-order valence-electron chi connectivity index (χ3n) is 4.77. The number of rotatable bonds is 8. The third-order valence-corrected chi connectivity index (χ3v) is 4.77. The Morgan fingerprint density at radius 1 is 1.00 bits per heavy atom. The van der Waals surface area contributed by atoms with Crippen molar-refractivity contribution in [2.24, 2.45) is 0 Å². The number of hydrogen-bond donors (Lipinski definition) is 1. The SMILES string of the molecule is CC(C)N(CCC(c1ccccc1)c1cc(C=O)ccc1O)C(C)C. The molecule has 2 rings (SSSR count). The molecule has 1 unspecified atom stereocenters. The Bertz CT molecular complexity index is 672. The van der Waals surface area contributed by atoms with Crippen molar-refractivity contribution in [2.45, 2.75) is 52.1 Å². The van der Waals surface area contributed by atoms with Crippen LogP contribution in [0.2, 0.25) is 0 Å². The number of aldehydes is 1. The Balaban J connectivity index is 2.36. The minimum Gasteiger partial charge on any atom is -0.508 e. The summed E-state index contributed by atoms with van der Waals surface area (Å²) in [5, 5.41) is 10.4. The number of hydrogen-bond acceptors (Lipinski definition) is 3. The molecule has 3 heteroatoms. The first-order valence-corrected chi connectivity index (χ1v) is 9.02. The fourth-order valence-corrected chi connectivity index (χ4v) is 3.50. The zero-order valence-corrected chi connectivity index (χ0v) is 15.6. The summed E-state index contributed by atoms with van der Waals surface area (Å²) in [6.45, 7) is 9.77. The van der Waals surface area contributed by atoms with Crippen LogP contribution < -0.4 is 0 Å². The van der Waals surface area contributed by atoms with Crippen molar-refractivity contribution in [1.82, 2.24) is 4.90 Å². The van der Waals surface area contributed by atoms with Gasteiger partial charge in [0.1, 0.15) is 12.0 Å². The molecule has 134 valence electrons. The van der Waals surface area contributed by atoms with Crippen LogP contribution >= 0.6 is 0 Å². The van der Waals surface area contributed by atoms with Crippen LogP contribution in [-0.2, 0) is 0 Å². The molecule has 0 amide bonds. The molecule has 2 aromatic carbocycles. The van der Waals surface area contributed by atoms with E-state index >= 15 is 0 Å². The van der Waals surface area contributed by atoms with E-state index in [0.717, 1.165) is 30.4 Å². The van der Waals surface area contributed by atoms with Crippen LogP contribution in [0.3, 0.4) is 0 Å². The maximum atomic E-state index is 11.2. The van der Waals surface area contributed by atoms with Gasteiger partial charge in [0, 0.05) is 29.1 Å². The standard InChI is InChI=1S/C22H29NO2/c1-16(2)23(17(3)4)13-12-20(19-8-6-5-7-9-19)21-14-18(15-24)10-11-22(21)25/h5-11,14-17,20,25H,12-13H2,1-4H3. The van der Waals surface area contributed by atoms with E-state index in [2.05, 4.69) is 44.7 Å². The normalized spacial score (nSPS) is 12.8. The van der Waals surface area contributed by atoms with Gasteiger partial charge in [-0.25, -0.2) is 0 Å². The molecule has 0 spiro atoms. The van der Waals surface area contributed by atoms with E-state index in [4.69, 9.17) is 0 Å². The number of benzene rings is 2. The lowest BCUT2D eigenvalue weighted by atomic mass is 9.86. The molecule has 0 aromatic heterocycles. The number of carbonyl (C=O) groups excluding carboxylic acids is 1. The molecule has 2 aromatic rings. The molecule has 3 nitrogen and oxygen atoms in total. The average molecular weight is 339 g/mol. The van der Waals surface area contributed by atoms with E-state index in [9.17, 15) is 9.90 Å². The molecule has 0 bridgehead atoms. The van der Waals surface area contributed by atoms with Gasteiger partial charge in [0.15, 0.2) is 0 Å². The van der Waals surface area contributed by atoms with E-state index in [-0.39, 0.29) is 11.7 Å². The van der Waals surface area contributed by atoms with Crippen molar-refractivity contribution in [3.63, 3.8) is 0 Å². The lowest BCUT2D eigenvalue weighted by Crippen LogP contribution is -2.38. The molecule has 0 fully saturated rings. The average Bonchev–Trinajstić information content (AvgIpc) is 2.59. The zero-order chi connectivity index (χ0) is 18.4. The molecule has 0 aliphatic heterocycles. The Morgan fingerprint density at radius 2 is 1.64 bits per heavy atom. The van der Waals surface area contributed by atoms with Gasteiger partial charge in [-0.15, -0.1) is 0 Å². The Kier molecular flexibility index (Phi) is 6.77. The molecular formula is C22H29NO2. The second-order valence-electron chi connectivity index (χ2n) is 7.11. The van der Waals surface area contributed by atoms with Gasteiger partial charge in [0.2, 0.25) is 0 Å². The summed E-state index contributed by atoms with van der Waals surface area (Å²) in [6, 6.07) is 16.2. The summed E-state index contributed by atoms with van der Waals surface area (Å²) in [4.78, 5) is 13.6. The zero-order valence-electron chi connectivity index (χ0n) is 15.6. The second kappa shape index (κ2) is 8.82. The van der Waals surface area contributed by atoms with Crippen LogP contribution in [0.15, 0.2) is 48.5 Å². The highest BCUT2D eigenvalue weighted by Gasteiger charge is 2.21. The Hall–Kier alpha value is -2.13. The third kappa shape index (κ3) is 4.93. The smallest absolute Gasteiger partial charge is 0.150 e. The Morgan fingerprint density at radius 3 is 2.20 bits per heavy atom. The number of aromatic hydroxyl groups is 1. The summed E-state index contributed by atoms with van der Waals surface area (Å²) in [6.07, 6.45) is 1.72. The lowest BCUT2D eigenvalue weighted by Gasteiger charge is -2.32. The second-order valence-corrected chi connectivity index (χ2v) is 7.11. The van der Waals surface area contributed by atoms with Crippen molar-refractivity contribution < 1.29 is 9.90 Å². The summed E-state index contributed by atoms with van der Waals surface area (Å²) in [5.41, 5.74) is 2.58. The fraction of sp³-hybridized carbons (Fsp3) is 0.409. The number of nitrogens with zero attached hydrogens (tertiary/aromatic N) is 1. The molecule has 25 heavy (non-hydrogen) atoms. The summed E-state index contributed by atoms with van der Waals surface area (Å²) in [5.74, 6) is 0.307. The Labute approximate surface area is 151 Å². The minimum absolute atomic E-state index is 0.0566. The highest BCUT2D eigenvalue weighted by molar-refractivity contribution is 5.75. The minimum atomic E-state index is 0.0566. The maximum absolute atomic E-state index is 11.2. The van der Waals surface area contributed by atoms with Crippen molar-refractivity contribution in [1.29, 1.82) is 0 Å². The predicted octanol–water partition coefficient (Wildman–Crippen LogP) is 4.85. The molecule has 0 saturated heterocycles. The van der Waals surface area contributed by atoms with E-state index in [0.29, 0.717) is 17.6 Å². The van der Waals surface area contributed by atoms with Gasteiger partial charge < -0.3 is 5.11 Å². The molecule has 1 atom stereocenters. The lowest BCUT2D eigenvalue weighted by molar-refractivity contribution is 0.112. The summed E-state index contributed by atoms with van der Waals surface area (Å²) >= 11 is 0. The molecule has 0 radical (unpaired) electrons. The number of phenols is 1. The van der Waals surface area contributed by atoms with Crippen molar-refractivity contribution in [3.05, 3.63) is 65.2 Å². The van der Waals surface area contributed by atoms with Crippen LogP contribution in [0.4, 0.5) is 0 Å². The maximum Gasteiger partial charge on any atom is 0.150 e. The van der Waals surface area contributed by atoms with Gasteiger partial charge in [-0.05, 0) is 64.4 Å². The van der Waals surface area contributed by atoms with Crippen LogP contribution in [0, 0.1) is 0 Å². The van der Waals surface area contributed by atoms with E-state index in [1.807, 2.05) is 24.3 Å². The molecule has 0 heterocycles. The van der Waals surface area contributed by atoms with Crippen molar-refractivity contribution in [3.8, 4) is 5.75 Å². The summed E-state index contributed by atoms with van der Waals surface area (Å²) < 4.78 is 0. The number of phenolic OH excluding ortho intramolecular Hbond substituents is 1. The van der Waals surface area contributed by atoms with Crippen molar-refractivity contribution in [2.75, 3.05) is 6.54 Å². The van der Waals surface area contributed by atoms with Gasteiger partial charge in [-0.3, -0.25) is 9.69 Å². The van der Waals surface area contributed by atoms with E-state index in [1.54, 1.807) is 12.1 Å². The first-order valence-electron chi connectivity index (χ1n) is 9.02. The molecule has 0 aliphatic carbocycles. The molecular weight excluding hydrogens is 310 g/mol. The molecule has 0 saturated carbocycles. The predicted molar refractivity (Wildman–Crippen MR) is 103 cm³/mol. The van der Waals surface area contributed by atoms with Crippen LogP contribution in [-0.4, -0.2) is 34.9 Å². The van der Waals surface area contributed by atoms with Gasteiger partial charge in [-0.1, -0.05) is 30.3 Å². The first kappa shape index (κ1) is 19.2. The van der Waals surface area contributed by atoms with Crippen LogP contribution in [0.1, 0.15) is 61.5 Å². The number of carbonyl (C=O) groups is 1. The quantitative estimate of drug-likeness (QED) is 0.699. The van der Waals surface area contributed by atoms with Gasteiger partial charge in [0.25, 0.3) is 0 Å². The molecule has 0 aliphatic rings. The van der Waals surface area contributed by atoms with E-state index < -0.39 is 0 Å². The summed E-state index contributed by atoms with van der Waals surface area (Å²) in [7, 11) is 0. The van der Waals surface area contributed by atoms with Crippen molar-refractivity contribution >= 4 is 6.29 Å². The van der Waals surface area contributed by atoms with E-state index in [1.165, 1.54) is 0 Å². The highest BCUT2D eigenvalue weighted by Crippen LogP contribution is 2.34. The van der Waals surface area contributed by atoms with Crippen LogP contribution in [0.25, 0.3) is 0 Å². The van der Waals surface area contributed by atoms with Gasteiger partial charge >= 0.3 is 0 Å². The van der Waals surface area contributed by atoms with Gasteiger partial charge in [0.05, 0.1) is 0 Å². The molecule has 1 N–H and O–H groups in total. The topological polar surface area (TPSA) is 40.5 Å². The van der Waals surface area contributed by atoms with Crippen LogP contribution in [0.5, 0.6) is 5.75 Å². The first-order chi connectivity index (χ1) is 11.9.